The van der Waals surface area contributed by atoms with Crippen molar-refractivity contribution in [1.82, 2.24) is 4.58 Å². The van der Waals surface area contributed by atoms with Crippen LogP contribution >= 0.6 is 0 Å². The summed E-state index contributed by atoms with van der Waals surface area (Å²) in [5, 5.41) is 2.50. The molecule has 1 aliphatic carbocycles. The van der Waals surface area contributed by atoms with Crippen LogP contribution in [-0.4, -0.2) is 28.2 Å². The molecule has 1 heterocycles. The van der Waals surface area contributed by atoms with Gasteiger partial charge in [-0.3, -0.25) is 0 Å². The summed E-state index contributed by atoms with van der Waals surface area (Å²) in [6, 6.07) is 0. The zero-order valence-electron chi connectivity index (χ0n) is 25.8. The maximum atomic E-state index is 7.03. The van der Waals surface area contributed by atoms with Crippen molar-refractivity contribution >= 4 is 16.7 Å². The van der Waals surface area contributed by atoms with Crippen LogP contribution in [0.3, 0.4) is 0 Å². The first-order chi connectivity index (χ1) is 17.1. The Morgan fingerprint density at radius 2 is 0.973 bits per heavy atom. The molecule has 0 bridgehead atoms. The predicted molar refractivity (Wildman–Crippen MR) is 162 cm³/mol. The van der Waals surface area contributed by atoms with Crippen LogP contribution in [0.5, 0.6) is 0 Å². The minimum absolute atomic E-state index is 1.00. The smallest absolute Gasteiger partial charge is 0.209 e. The van der Waals surface area contributed by atoms with Crippen molar-refractivity contribution < 1.29 is 4.42 Å². The third-order valence-corrected chi connectivity index (χ3v) is 9.28. The molecule has 0 aromatic heterocycles. The summed E-state index contributed by atoms with van der Waals surface area (Å²) in [5.74, 6) is 1.00. The van der Waals surface area contributed by atoms with Gasteiger partial charge in [-0.15, -0.1) is 0 Å². The first-order valence-corrected chi connectivity index (χ1v) is 13.4. The summed E-state index contributed by atoms with van der Waals surface area (Å²) in [4.78, 5) is 2.23. The molecule has 3 heteroatoms. The average Bonchev–Trinajstić information content (AvgIpc) is 2.82. The molecule has 0 unspecified atom stereocenters. The van der Waals surface area contributed by atoms with Gasteiger partial charge < -0.3 is 9.32 Å². The van der Waals surface area contributed by atoms with E-state index in [1.165, 1.54) is 94.3 Å². The molecule has 0 N–H and O–H groups in total. The molecule has 0 fully saturated rings. The van der Waals surface area contributed by atoms with E-state index in [1.54, 1.807) is 0 Å². The second-order valence-corrected chi connectivity index (χ2v) is 11.6. The lowest BCUT2D eigenvalue weighted by atomic mass is 9.79. The van der Waals surface area contributed by atoms with Gasteiger partial charge in [-0.2, -0.15) is 0 Å². The zero-order chi connectivity index (χ0) is 27.8. The highest BCUT2D eigenvalue weighted by Gasteiger charge is 2.30. The van der Waals surface area contributed by atoms with Crippen LogP contribution in [0.2, 0.25) is 0 Å². The number of rotatable bonds is 2. The third-order valence-electron chi connectivity index (χ3n) is 9.28. The van der Waals surface area contributed by atoms with Gasteiger partial charge in [0.2, 0.25) is 5.36 Å². The van der Waals surface area contributed by atoms with Gasteiger partial charge in [0.15, 0.2) is 0 Å². The lowest BCUT2D eigenvalue weighted by Gasteiger charge is -2.28. The monoisotopic (exact) mass is 497 g/mol. The second-order valence-electron chi connectivity index (χ2n) is 11.6. The SMILES string of the molecule is Cc1c(C)c(C)c(-c2c3c(C)c(C)c(=[N+](C)C)c(C)c-3oc3c(C)c(N(C)C)c(C)c(C)c23)c(C)c1C. The number of fused-ring (bicyclic) bond motifs is 2. The van der Waals surface area contributed by atoms with Crippen molar-refractivity contribution in [3.63, 3.8) is 0 Å². The molecule has 3 nitrogen and oxygen atoms in total. The highest BCUT2D eigenvalue weighted by molar-refractivity contribution is 6.09. The molecule has 0 radical (unpaired) electrons. The molecule has 196 valence electrons. The Balaban J connectivity index is 2.52. The molecule has 1 aliphatic heterocycles. The van der Waals surface area contributed by atoms with Gasteiger partial charge in [-0.25, -0.2) is 4.58 Å². The summed E-state index contributed by atoms with van der Waals surface area (Å²) in [6.45, 7) is 24.9. The molecule has 4 rings (SSSR count). The number of hydrogen-bond acceptors (Lipinski definition) is 2. The van der Waals surface area contributed by atoms with Crippen molar-refractivity contribution in [2.45, 2.75) is 76.2 Å². The molecule has 2 aromatic rings. The summed E-state index contributed by atoms with van der Waals surface area (Å²) >= 11 is 0. The van der Waals surface area contributed by atoms with Gasteiger partial charge in [-0.05, 0) is 126 Å². The van der Waals surface area contributed by atoms with E-state index < -0.39 is 0 Å². The lowest BCUT2D eigenvalue weighted by Crippen LogP contribution is -2.29. The van der Waals surface area contributed by atoms with Crippen LogP contribution in [0.25, 0.3) is 33.4 Å². The molecule has 0 spiro atoms. The molecule has 0 saturated heterocycles. The van der Waals surface area contributed by atoms with Crippen molar-refractivity contribution in [2.75, 3.05) is 33.1 Å². The summed E-state index contributed by atoms with van der Waals surface area (Å²) < 4.78 is 9.26. The minimum atomic E-state index is 1.00. The Morgan fingerprint density at radius 3 is 1.46 bits per heavy atom. The number of anilines is 1. The third kappa shape index (κ3) is 3.65. The van der Waals surface area contributed by atoms with Crippen molar-refractivity contribution in [3.05, 3.63) is 66.6 Å². The summed E-state index contributed by atoms with van der Waals surface area (Å²) in [5.41, 5.74) is 20.7. The summed E-state index contributed by atoms with van der Waals surface area (Å²) in [7, 11) is 8.53. The predicted octanol–water partition coefficient (Wildman–Crippen LogP) is 7.70. The molecule has 2 aromatic carbocycles. The van der Waals surface area contributed by atoms with Crippen LogP contribution in [0.15, 0.2) is 4.42 Å². The van der Waals surface area contributed by atoms with Gasteiger partial charge in [0, 0.05) is 47.4 Å². The van der Waals surface area contributed by atoms with Crippen LogP contribution in [0, 0.1) is 76.2 Å². The van der Waals surface area contributed by atoms with Crippen LogP contribution < -0.4 is 14.8 Å². The fraction of sp³-hybridized carbons (Fsp3) is 0.441. The Hall–Kier alpha value is -3.07. The zero-order valence-corrected chi connectivity index (χ0v) is 25.8. The summed E-state index contributed by atoms with van der Waals surface area (Å²) in [6.07, 6.45) is 0. The highest BCUT2D eigenvalue weighted by Crippen LogP contribution is 2.50. The van der Waals surface area contributed by atoms with Crippen molar-refractivity contribution in [2.24, 2.45) is 0 Å². The maximum absolute atomic E-state index is 7.03. The van der Waals surface area contributed by atoms with Crippen LogP contribution in [0.4, 0.5) is 5.69 Å². The average molecular weight is 498 g/mol. The minimum Gasteiger partial charge on any atom is -0.455 e. The van der Waals surface area contributed by atoms with E-state index in [1.807, 2.05) is 0 Å². The van der Waals surface area contributed by atoms with Gasteiger partial charge >= 0.3 is 0 Å². The van der Waals surface area contributed by atoms with Gasteiger partial charge in [0.1, 0.15) is 25.4 Å². The highest BCUT2D eigenvalue weighted by atomic mass is 16.3. The maximum Gasteiger partial charge on any atom is 0.209 e. The first kappa shape index (κ1) is 27.0. The van der Waals surface area contributed by atoms with Gasteiger partial charge in [0.05, 0.1) is 5.56 Å². The van der Waals surface area contributed by atoms with Gasteiger partial charge in [0.25, 0.3) is 0 Å². The van der Waals surface area contributed by atoms with E-state index in [4.69, 9.17) is 4.42 Å². The Kier molecular flexibility index (Phi) is 6.59. The number of aryl methyl sites for hydroxylation is 2. The normalized spacial score (nSPS) is 11.6. The molecular weight excluding hydrogens is 452 g/mol. The van der Waals surface area contributed by atoms with Gasteiger partial charge in [-0.1, -0.05) is 0 Å². The van der Waals surface area contributed by atoms with E-state index in [2.05, 4.69) is 114 Å². The first-order valence-electron chi connectivity index (χ1n) is 13.4. The quantitative estimate of drug-likeness (QED) is 0.209. The van der Waals surface area contributed by atoms with E-state index in [0.717, 1.165) is 11.3 Å². The fourth-order valence-corrected chi connectivity index (χ4v) is 6.77. The van der Waals surface area contributed by atoms with Crippen LogP contribution in [-0.2, 0) is 0 Å². The number of hydrogen-bond donors (Lipinski definition) is 0. The topological polar surface area (TPSA) is 19.4 Å². The van der Waals surface area contributed by atoms with E-state index in [9.17, 15) is 0 Å². The number of benzene rings is 3. The Labute approximate surface area is 223 Å². The van der Waals surface area contributed by atoms with E-state index >= 15 is 0 Å². The Bertz CT molecular complexity index is 1630. The Morgan fingerprint density at radius 1 is 0.486 bits per heavy atom. The molecule has 0 amide bonds. The molecule has 0 saturated carbocycles. The molecule has 37 heavy (non-hydrogen) atoms. The van der Waals surface area contributed by atoms with E-state index in [0.29, 0.717) is 0 Å². The van der Waals surface area contributed by atoms with E-state index in [-0.39, 0.29) is 0 Å². The standard InChI is InChI=1S/C34H45N2O/c1-16-17(2)19(4)27(20(5)18(16)3)30-28-21(6)23(8)31(35(12)13)25(10)33(28)37-34-26(11)32(36(14)15)24(9)22(7)29(30)34/h1-15H3/q+1. The largest absolute Gasteiger partial charge is 0.455 e. The lowest BCUT2D eigenvalue weighted by molar-refractivity contribution is 0.607. The number of nitrogens with zero attached hydrogens (tertiary/aromatic N) is 2. The molecule has 2 aliphatic rings. The molecular formula is C34H45N2O+. The fourth-order valence-electron chi connectivity index (χ4n) is 6.77. The van der Waals surface area contributed by atoms with Crippen LogP contribution in [0.1, 0.15) is 61.2 Å². The second kappa shape index (κ2) is 9.04. The van der Waals surface area contributed by atoms with Crippen molar-refractivity contribution in [3.8, 4) is 22.5 Å². The van der Waals surface area contributed by atoms with Crippen molar-refractivity contribution in [1.29, 1.82) is 0 Å². The molecule has 0 atom stereocenters.